The van der Waals surface area contributed by atoms with Crippen LogP contribution in [-0.4, -0.2) is 81.6 Å². The Kier molecular flexibility index (Phi) is 9.85. The first-order valence-corrected chi connectivity index (χ1v) is 15.4. The first-order chi connectivity index (χ1) is 21.1. The molecule has 3 aromatic rings. The lowest BCUT2D eigenvalue weighted by Gasteiger charge is -2.36. The van der Waals surface area contributed by atoms with E-state index in [1.54, 1.807) is 24.5 Å². The minimum absolute atomic E-state index is 0.154. The van der Waals surface area contributed by atoms with Crippen molar-refractivity contribution in [2.24, 2.45) is 5.41 Å². The molecule has 0 saturated carbocycles. The minimum Gasteiger partial charge on any atom is -0.485 e. The molecule has 236 valence electrons. The number of oxazole rings is 1. The van der Waals surface area contributed by atoms with E-state index >= 15 is 0 Å². The number of aliphatic hydroxyl groups is 1. The number of hydrogen-bond donors (Lipinski definition) is 3. The molecule has 3 N–H and O–H groups in total. The Bertz CT molecular complexity index is 1430. The summed E-state index contributed by atoms with van der Waals surface area (Å²) in [7, 11) is 0. The normalized spacial score (nSPS) is 16.7. The van der Waals surface area contributed by atoms with E-state index in [1.165, 1.54) is 17.5 Å². The molecule has 0 aliphatic carbocycles. The lowest BCUT2D eigenvalue weighted by molar-refractivity contribution is -0.140. The second-order valence-corrected chi connectivity index (χ2v) is 12.8. The molecule has 11 nitrogen and oxygen atoms in total. The second kappa shape index (κ2) is 13.8. The van der Waals surface area contributed by atoms with Crippen LogP contribution in [0.15, 0.2) is 47.5 Å². The number of aromatic nitrogens is 2. The molecule has 1 saturated heterocycles. The van der Waals surface area contributed by atoms with Crippen LogP contribution in [0.1, 0.15) is 66.4 Å². The number of anilines is 1. The summed E-state index contributed by atoms with van der Waals surface area (Å²) in [6.45, 7) is 11.8. The first-order valence-electron chi connectivity index (χ1n) is 15.4. The van der Waals surface area contributed by atoms with Crippen LogP contribution in [0.2, 0.25) is 0 Å². The van der Waals surface area contributed by atoms with Gasteiger partial charge in [0.15, 0.2) is 12.2 Å². The Hall–Kier alpha value is -3.96. The van der Waals surface area contributed by atoms with E-state index in [0.717, 1.165) is 43.7 Å². The number of carbonyl (C=O) groups excluding carboxylic acids is 2. The highest BCUT2D eigenvalue weighted by atomic mass is 16.5. The molecule has 11 heteroatoms. The smallest absolute Gasteiger partial charge is 0.251 e. The summed E-state index contributed by atoms with van der Waals surface area (Å²) >= 11 is 0. The van der Waals surface area contributed by atoms with Crippen LogP contribution >= 0.6 is 0 Å². The highest BCUT2D eigenvalue weighted by Gasteiger charge is 2.30. The average molecular weight is 605 g/mol. The molecule has 44 heavy (non-hydrogen) atoms. The summed E-state index contributed by atoms with van der Waals surface area (Å²) in [6, 6.07) is 7.66. The molecule has 2 aliphatic rings. The van der Waals surface area contributed by atoms with Crippen molar-refractivity contribution in [2.75, 3.05) is 38.0 Å². The Morgan fingerprint density at radius 1 is 1.18 bits per heavy atom. The molecule has 2 aromatic heterocycles. The number of amides is 2. The molecule has 2 amide bonds. The summed E-state index contributed by atoms with van der Waals surface area (Å²) in [5.74, 6) is 2.07. The predicted molar refractivity (Wildman–Crippen MR) is 166 cm³/mol. The van der Waals surface area contributed by atoms with Crippen molar-refractivity contribution < 1.29 is 23.8 Å². The van der Waals surface area contributed by atoms with Crippen molar-refractivity contribution in [1.29, 1.82) is 0 Å². The molecule has 4 heterocycles. The van der Waals surface area contributed by atoms with Gasteiger partial charge in [0.2, 0.25) is 5.91 Å². The van der Waals surface area contributed by atoms with Crippen LogP contribution in [0.25, 0.3) is 0 Å². The standard InChI is InChI=1S/C33H44N6O5/c1-22-28-10-12-38(18-24(28)5-6-29(22)43-20-27-17-34-21-44-27)19-26(40)16-36-31(41)23-7-11-35-30(15-23)37-25-8-13-39(14-9-25)32(42)33(2,3)4/h5-7,11,15,17,21,25-26,40H,8-10,12-14,16,18-20H2,1-4H3,(H,35,37)(H,36,41)/t26-/m0/s1. The number of nitrogens with one attached hydrogen (secondary N) is 2. The van der Waals surface area contributed by atoms with Gasteiger partial charge in [-0.25, -0.2) is 9.97 Å². The number of nitrogens with zero attached hydrogens (tertiary/aromatic N) is 4. The quantitative estimate of drug-likeness (QED) is 0.318. The summed E-state index contributed by atoms with van der Waals surface area (Å²) < 4.78 is 11.2. The molecule has 1 aromatic carbocycles. The number of rotatable bonds is 10. The lowest BCUT2D eigenvalue weighted by Crippen LogP contribution is -2.46. The molecule has 0 unspecified atom stereocenters. The zero-order chi connectivity index (χ0) is 31.3. The van der Waals surface area contributed by atoms with Gasteiger partial charge in [-0.3, -0.25) is 14.5 Å². The van der Waals surface area contributed by atoms with Crippen molar-refractivity contribution in [2.45, 2.75) is 72.3 Å². The van der Waals surface area contributed by atoms with E-state index in [9.17, 15) is 14.7 Å². The van der Waals surface area contributed by atoms with Gasteiger partial charge in [0, 0.05) is 62.5 Å². The highest BCUT2D eigenvalue weighted by molar-refractivity contribution is 5.94. The largest absolute Gasteiger partial charge is 0.485 e. The van der Waals surface area contributed by atoms with Crippen molar-refractivity contribution in [3.05, 3.63) is 71.1 Å². The Labute approximate surface area is 259 Å². The third-order valence-electron chi connectivity index (χ3n) is 8.34. The number of likely N-dealkylation sites (tertiary alicyclic amines) is 1. The van der Waals surface area contributed by atoms with Crippen LogP contribution in [0.5, 0.6) is 5.75 Å². The third-order valence-corrected chi connectivity index (χ3v) is 8.34. The number of β-amino-alcohol motifs (C(OH)–C–C–N with tert-alkyl or cyclic N) is 1. The second-order valence-electron chi connectivity index (χ2n) is 12.8. The lowest BCUT2D eigenvalue weighted by atomic mass is 9.93. The van der Waals surface area contributed by atoms with Crippen LogP contribution < -0.4 is 15.4 Å². The number of hydrogen-bond acceptors (Lipinski definition) is 9. The molecule has 5 rings (SSSR count). The van der Waals surface area contributed by atoms with E-state index in [0.29, 0.717) is 43.4 Å². The highest BCUT2D eigenvalue weighted by Crippen LogP contribution is 2.30. The van der Waals surface area contributed by atoms with Gasteiger partial charge < -0.3 is 29.8 Å². The van der Waals surface area contributed by atoms with Crippen molar-refractivity contribution in [1.82, 2.24) is 25.1 Å². The molecular weight excluding hydrogens is 560 g/mol. The minimum atomic E-state index is -0.702. The van der Waals surface area contributed by atoms with Gasteiger partial charge in [-0.15, -0.1) is 0 Å². The van der Waals surface area contributed by atoms with Gasteiger partial charge >= 0.3 is 0 Å². The number of fused-ring (bicyclic) bond motifs is 1. The summed E-state index contributed by atoms with van der Waals surface area (Å²) in [5, 5.41) is 17.0. The van der Waals surface area contributed by atoms with Gasteiger partial charge in [0.05, 0.1) is 12.3 Å². The Morgan fingerprint density at radius 3 is 2.70 bits per heavy atom. The van der Waals surface area contributed by atoms with E-state index in [1.807, 2.05) is 31.7 Å². The fraction of sp³-hybridized carbons (Fsp3) is 0.515. The zero-order valence-electron chi connectivity index (χ0n) is 26.1. The van der Waals surface area contributed by atoms with Gasteiger partial charge in [0.25, 0.3) is 5.91 Å². The van der Waals surface area contributed by atoms with Crippen LogP contribution in [0, 0.1) is 12.3 Å². The van der Waals surface area contributed by atoms with Gasteiger partial charge in [0.1, 0.15) is 18.2 Å². The number of aliphatic hydroxyl groups excluding tert-OH is 1. The van der Waals surface area contributed by atoms with Crippen molar-refractivity contribution in [3.63, 3.8) is 0 Å². The van der Waals surface area contributed by atoms with Crippen molar-refractivity contribution in [3.8, 4) is 5.75 Å². The maximum atomic E-state index is 12.9. The molecule has 2 aliphatic heterocycles. The van der Waals surface area contributed by atoms with Crippen LogP contribution in [0.3, 0.4) is 0 Å². The number of pyridine rings is 1. The van der Waals surface area contributed by atoms with Gasteiger partial charge in [-0.2, -0.15) is 0 Å². The molecule has 1 fully saturated rings. The Morgan fingerprint density at radius 2 is 1.98 bits per heavy atom. The summed E-state index contributed by atoms with van der Waals surface area (Å²) in [6.07, 6.45) is 6.46. The SMILES string of the molecule is Cc1c(OCc2cnco2)ccc2c1CCN(C[C@@H](O)CNC(=O)c1ccnc(NC3CCN(C(=O)C(C)(C)C)CC3)c1)C2. The maximum Gasteiger partial charge on any atom is 0.251 e. The molecule has 1 atom stereocenters. The molecular formula is C33H44N6O5. The van der Waals surface area contributed by atoms with Crippen LogP contribution in [-0.2, 0) is 24.4 Å². The zero-order valence-corrected chi connectivity index (χ0v) is 26.1. The van der Waals surface area contributed by atoms with E-state index in [-0.39, 0.29) is 29.8 Å². The molecule has 0 spiro atoms. The summed E-state index contributed by atoms with van der Waals surface area (Å²) in [5.41, 5.74) is 3.74. The third kappa shape index (κ3) is 7.95. The number of piperidine rings is 1. The van der Waals surface area contributed by atoms with Gasteiger partial charge in [-0.05, 0) is 61.1 Å². The predicted octanol–water partition coefficient (Wildman–Crippen LogP) is 3.56. The topological polar surface area (TPSA) is 133 Å². The number of carbonyl (C=O) groups is 2. The van der Waals surface area contributed by atoms with E-state index in [2.05, 4.69) is 38.5 Å². The molecule has 0 radical (unpaired) electrons. The van der Waals surface area contributed by atoms with Crippen molar-refractivity contribution >= 4 is 17.6 Å². The van der Waals surface area contributed by atoms with E-state index in [4.69, 9.17) is 9.15 Å². The maximum absolute atomic E-state index is 12.9. The fourth-order valence-electron chi connectivity index (χ4n) is 5.89. The number of benzene rings is 1. The average Bonchev–Trinajstić information content (AvgIpc) is 3.53. The summed E-state index contributed by atoms with van der Waals surface area (Å²) in [4.78, 5) is 37.9. The fourth-order valence-corrected chi connectivity index (χ4v) is 5.89. The van der Waals surface area contributed by atoms with Gasteiger partial charge in [-0.1, -0.05) is 26.8 Å². The monoisotopic (exact) mass is 604 g/mol. The number of ether oxygens (including phenoxy) is 1. The molecule has 0 bridgehead atoms. The first kappa shape index (κ1) is 31.5. The Balaban J connectivity index is 1.06. The van der Waals surface area contributed by atoms with Crippen LogP contribution in [0.4, 0.5) is 5.82 Å². The van der Waals surface area contributed by atoms with E-state index < -0.39 is 6.10 Å².